The van der Waals surface area contributed by atoms with Gasteiger partial charge in [0, 0.05) is 12.0 Å². The first-order chi connectivity index (χ1) is 12.0. The van der Waals surface area contributed by atoms with Crippen LogP contribution in [-0.4, -0.2) is 33.7 Å². The van der Waals surface area contributed by atoms with Crippen LogP contribution in [0.3, 0.4) is 0 Å². The van der Waals surface area contributed by atoms with Crippen LogP contribution in [0, 0.1) is 0 Å². The number of aliphatic imine (C=N–C) groups is 1. The SMILES string of the molecule is CCCC(=O)N=C1S/C(=C\c2ccccc2O)C(O)=C1C(=O)OCC. The van der Waals surface area contributed by atoms with Crippen molar-refractivity contribution in [3.8, 4) is 5.75 Å². The van der Waals surface area contributed by atoms with Gasteiger partial charge in [-0.05, 0) is 25.5 Å². The number of hydrogen-bond donors (Lipinski definition) is 2. The van der Waals surface area contributed by atoms with E-state index in [1.807, 2.05) is 6.92 Å². The predicted octanol–water partition coefficient (Wildman–Crippen LogP) is 3.58. The van der Waals surface area contributed by atoms with Crippen LogP contribution in [0.1, 0.15) is 32.3 Å². The fourth-order valence-electron chi connectivity index (χ4n) is 2.13. The van der Waals surface area contributed by atoms with Crippen molar-refractivity contribution < 1.29 is 24.5 Å². The molecule has 132 valence electrons. The molecule has 0 aliphatic carbocycles. The van der Waals surface area contributed by atoms with E-state index in [4.69, 9.17) is 4.74 Å². The van der Waals surface area contributed by atoms with E-state index in [0.717, 1.165) is 11.8 Å². The molecule has 1 aliphatic heterocycles. The van der Waals surface area contributed by atoms with Gasteiger partial charge in [-0.3, -0.25) is 4.79 Å². The molecule has 0 fully saturated rings. The maximum atomic E-state index is 12.1. The summed E-state index contributed by atoms with van der Waals surface area (Å²) in [5, 5.41) is 20.4. The van der Waals surface area contributed by atoms with E-state index in [1.165, 1.54) is 12.1 Å². The fraction of sp³-hybridized carbons (Fsp3) is 0.278. The Labute approximate surface area is 149 Å². The molecule has 1 aliphatic rings. The highest BCUT2D eigenvalue weighted by molar-refractivity contribution is 8.18. The third-order valence-electron chi connectivity index (χ3n) is 3.28. The largest absolute Gasteiger partial charge is 0.507 e. The number of nitrogens with zero attached hydrogens (tertiary/aromatic N) is 1. The standard InChI is InChI=1S/C18H19NO5S/c1-3-7-14(21)19-17-15(18(23)24-4-2)16(22)13(25-17)10-11-8-5-6-9-12(11)20/h5-6,8-10,20,22H,3-4,7H2,1-2H3/b13-10-,19-17?. The number of carbonyl (C=O) groups is 2. The highest BCUT2D eigenvalue weighted by atomic mass is 32.2. The lowest BCUT2D eigenvalue weighted by Crippen LogP contribution is -2.14. The minimum absolute atomic E-state index is 0.0357. The molecule has 1 aromatic rings. The highest BCUT2D eigenvalue weighted by Gasteiger charge is 2.33. The molecule has 1 aromatic carbocycles. The summed E-state index contributed by atoms with van der Waals surface area (Å²) in [6.07, 6.45) is 2.41. The molecule has 25 heavy (non-hydrogen) atoms. The molecule has 0 radical (unpaired) electrons. The Kier molecular flexibility index (Phi) is 6.41. The number of rotatable bonds is 5. The number of benzene rings is 1. The Morgan fingerprint density at radius 3 is 2.60 bits per heavy atom. The van der Waals surface area contributed by atoms with Gasteiger partial charge in [-0.1, -0.05) is 36.9 Å². The first-order valence-electron chi connectivity index (χ1n) is 7.88. The number of ether oxygens (including phenoxy) is 1. The van der Waals surface area contributed by atoms with Gasteiger partial charge in [0.15, 0.2) is 0 Å². The van der Waals surface area contributed by atoms with Gasteiger partial charge < -0.3 is 14.9 Å². The van der Waals surface area contributed by atoms with E-state index in [-0.39, 0.29) is 41.1 Å². The Morgan fingerprint density at radius 2 is 1.96 bits per heavy atom. The van der Waals surface area contributed by atoms with Crippen molar-refractivity contribution in [2.24, 2.45) is 4.99 Å². The van der Waals surface area contributed by atoms with Gasteiger partial charge in [-0.25, -0.2) is 9.79 Å². The Morgan fingerprint density at radius 1 is 1.24 bits per heavy atom. The summed E-state index contributed by atoms with van der Waals surface area (Å²) in [6.45, 7) is 3.63. The molecular formula is C18H19NO5S. The number of amides is 1. The van der Waals surface area contributed by atoms with E-state index in [9.17, 15) is 19.8 Å². The van der Waals surface area contributed by atoms with Crippen LogP contribution in [0.4, 0.5) is 0 Å². The minimum Gasteiger partial charge on any atom is -0.507 e. The zero-order valence-electron chi connectivity index (χ0n) is 14.0. The molecule has 0 aromatic heterocycles. The second-order valence-electron chi connectivity index (χ2n) is 5.17. The van der Waals surface area contributed by atoms with Crippen LogP contribution in [0.5, 0.6) is 5.75 Å². The summed E-state index contributed by atoms with van der Waals surface area (Å²) in [5.74, 6) is -1.39. The van der Waals surface area contributed by atoms with Gasteiger partial charge in [0.05, 0.1) is 11.5 Å². The van der Waals surface area contributed by atoms with Gasteiger partial charge in [0.2, 0.25) is 5.91 Å². The molecule has 0 saturated carbocycles. The molecule has 6 nitrogen and oxygen atoms in total. The van der Waals surface area contributed by atoms with Crippen molar-refractivity contribution in [1.29, 1.82) is 0 Å². The molecule has 0 spiro atoms. The number of carbonyl (C=O) groups excluding carboxylic acids is 2. The quantitative estimate of drug-likeness (QED) is 0.778. The molecule has 2 N–H and O–H groups in total. The summed E-state index contributed by atoms with van der Waals surface area (Å²) in [6, 6.07) is 6.59. The zero-order chi connectivity index (χ0) is 18.4. The van der Waals surface area contributed by atoms with Crippen molar-refractivity contribution in [2.75, 3.05) is 6.61 Å². The van der Waals surface area contributed by atoms with Crippen molar-refractivity contribution in [3.63, 3.8) is 0 Å². The van der Waals surface area contributed by atoms with E-state index < -0.39 is 5.97 Å². The van der Waals surface area contributed by atoms with Crippen molar-refractivity contribution in [2.45, 2.75) is 26.7 Å². The number of aromatic hydroxyl groups is 1. The molecule has 1 heterocycles. The molecule has 0 bridgehead atoms. The lowest BCUT2D eigenvalue weighted by atomic mass is 10.1. The van der Waals surface area contributed by atoms with Crippen LogP contribution in [0.2, 0.25) is 0 Å². The van der Waals surface area contributed by atoms with Gasteiger partial charge in [0.25, 0.3) is 0 Å². The maximum absolute atomic E-state index is 12.1. The average Bonchev–Trinajstić information content (AvgIpc) is 2.85. The summed E-state index contributed by atoms with van der Waals surface area (Å²) >= 11 is 0.993. The number of para-hydroxylation sites is 1. The number of esters is 1. The lowest BCUT2D eigenvalue weighted by Gasteiger charge is -2.03. The monoisotopic (exact) mass is 361 g/mol. The predicted molar refractivity (Wildman–Crippen MR) is 97.3 cm³/mol. The zero-order valence-corrected chi connectivity index (χ0v) is 14.8. The molecule has 0 unspecified atom stereocenters. The summed E-state index contributed by atoms with van der Waals surface area (Å²) in [5.41, 5.74) is 0.346. The van der Waals surface area contributed by atoms with Crippen LogP contribution < -0.4 is 0 Å². The first-order valence-corrected chi connectivity index (χ1v) is 8.69. The minimum atomic E-state index is -0.740. The van der Waals surface area contributed by atoms with Crippen LogP contribution in [0.25, 0.3) is 6.08 Å². The number of phenolic OH excluding ortho intramolecular Hbond substituents is 1. The van der Waals surface area contributed by atoms with Gasteiger partial charge >= 0.3 is 5.97 Å². The molecule has 0 atom stereocenters. The van der Waals surface area contributed by atoms with Crippen molar-refractivity contribution in [1.82, 2.24) is 0 Å². The number of phenols is 1. The Balaban J connectivity index is 2.46. The van der Waals surface area contributed by atoms with E-state index in [2.05, 4.69) is 4.99 Å². The lowest BCUT2D eigenvalue weighted by molar-refractivity contribution is -0.138. The molecular weight excluding hydrogens is 342 g/mol. The van der Waals surface area contributed by atoms with Crippen LogP contribution in [-0.2, 0) is 14.3 Å². The molecule has 2 rings (SSSR count). The van der Waals surface area contributed by atoms with Crippen molar-refractivity contribution in [3.05, 3.63) is 46.1 Å². The van der Waals surface area contributed by atoms with Crippen LogP contribution >= 0.6 is 11.8 Å². The van der Waals surface area contributed by atoms with E-state index in [0.29, 0.717) is 16.9 Å². The average molecular weight is 361 g/mol. The third-order valence-corrected chi connectivity index (χ3v) is 4.30. The molecule has 0 saturated heterocycles. The third kappa shape index (κ3) is 4.51. The Hall–Kier alpha value is -2.54. The number of thioether (sulfide) groups is 1. The van der Waals surface area contributed by atoms with Gasteiger partial charge in [-0.15, -0.1) is 0 Å². The number of aliphatic hydroxyl groups is 1. The summed E-state index contributed by atoms with van der Waals surface area (Å²) < 4.78 is 4.95. The second kappa shape index (κ2) is 8.53. The topological polar surface area (TPSA) is 96.2 Å². The summed E-state index contributed by atoms with van der Waals surface area (Å²) in [4.78, 5) is 28.2. The number of hydrogen-bond acceptors (Lipinski definition) is 6. The number of aliphatic hydroxyl groups excluding tert-OH is 1. The Bertz CT molecular complexity index is 779. The second-order valence-corrected chi connectivity index (χ2v) is 6.20. The van der Waals surface area contributed by atoms with E-state index >= 15 is 0 Å². The maximum Gasteiger partial charge on any atom is 0.344 e. The fourth-order valence-corrected chi connectivity index (χ4v) is 3.15. The highest BCUT2D eigenvalue weighted by Crippen LogP contribution is 2.40. The molecule has 1 amide bonds. The molecule has 7 heteroatoms. The van der Waals surface area contributed by atoms with Crippen LogP contribution in [0.15, 0.2) is 45.5 Å². The van der Waals surface area contributed by atoms with E-state index in [1.54, 1.807) is 25.1 Å². The smallest absolute Gasteiger partial charge is 0.344 e. The van der Waals surface area contributed by atoms with Crippen molar-refractivity contribution >= 4 is 34.8 Å². The van der Waals surface area contributed by atoms with Gasteiger partial charge in [-0.2, -0.15) is 0 Å². The van der Waals surface area contributed by atoms with Gasteiger partial charge in [0.1, 0.15) is 22.1 Å². The normalized spacial score (nSPS) is 17.4. The summed E-state index contributed by atoms with van der Waals surface area (Å²) in [7, 11) is 0. The first kappa shape index (κ1) is 18.8.